The highest BCUT2D eigenvalue weighted by molar-refractivity contribution is 5.75. The molecule has 1 aliphatic heterocycles. The number of hydrogen-bond acceptors (Lipinski definition) is 3. The zero-order valence-electron chi connectivity index (χ0n) is 11.6. The van der Waals surface area contributed by atoms with E-state index < -0.39 is 5.97 Å². The lowest BCUT2D eigenvalue weighted by Gasteiger charge is -2.35. The number of carboxylic acid groups (broad SMARTS) is 1. The van der Waals surface area contributed by atoms with E-state index in [2.05, 4.69) is 6.07 Å². The van der Waals surface area contributed by atoms with E-state index in [1.165, 1.54) is 0 Å². The van der Waals surface area contributed by atoms with Gasteiger partial charge in [0.15, 0.2) is 0 Å². The summed E-state index contributed by atoms with van der Waals surface area (Å²) in [4.78, 5) is 26.8. The minimum Gasteiger partial charge on any atom is -0.481 e. The fourth-order valence-electron chi connectivity index (χ4n) is 2.75. The van der Waals surface area contributed by atoms with E-state index in [1.807, 2.05) is 9.80 Å². The lowest BCUT2D eigenvalue weighted by molar-refractivity contribution is -0.138. The second-order valence-electron chi connectivity index (χ2n) is 5.64. The van der Waals surface area contributed by atoms with Crippen molar-refractivity contribution < 1.29 is 14.7 Å². The standard InChI is InChI=1S/C14H21N3O3/c15-6-1-7-17(12-2-3-12)14(20)16-8-4-11(5-9-16)10-13(18)19/h11-12H,1-5,7-10H2,(H,18,19). The molecule has 1 N–H and O–H groups in total. The molecule has 20 heavy (non-hydrogen) atoms. The van der Waals surface area contributed by atoms with Crippen LogP contribution >= 0.6 is 0 Å². The second kappa shape index (κ2) is 6.60. The van der Waals surface area contributed by atoms with Gasteiger partial charge in [0, 0.05) is 32.1 Å². The summed E-state index contributed by atoms with van der Waals surface area (Å²) < 4.78 is 0. The fraction of sp³-hybridized carbons (Fsp3) is 0.786. The summed E-state index contributed by atoms with van der Waals surface area (Å²) in [5.74, 6) is -0.576. The van der Waals surface area contributed by atoms with Crippen LogP contribution in [0.4, 0.5) is 4.79 Å². The fourth-order valence-corrected chi connectivity index (χ4v) is 2.75. The zero-order valence-corrected chi connectivity index (χ0v) is 11.6. The monoisotopic (exact) mass is 279 g/mol. The van der Waals surface area contributed by atoms with Gasteiger partial charge in [0.05, 0.1) is 12.5 Å². The van der Waals surface area contributed by atoms with Gasteiger partial charge >= 0.3 is 12.0 Å². The highest BCUT2D eigenvalue weighted by atomic mass is 16.4. The molecule has 0 atom stereocenters. The minimum absolute atomic E-state index is 0.0246. The predicted molar refractivity (Wildman–Crippen MR) is 71.9 cm³/mol. The molecule has 0 spiro atoms. The molecule has 1 heterocycles. The smallest absolute Gasteiger partial charge is 0.320 e. The third-order valence-electron chi connectivity index (χ3n) is 4.05. The Morgan fingerprint density at radius 1 is 1.25 bits per heavy atom. The van der Waals surface area contributed by atoms with Crippen LogP contribution < -0.4 is 0 Å². The Balaban J connectivity index is 1.83. The van der Waals surface area contributed by atoms with Crippen LogP contribution in [0.5, 0.6) is 0 Å². The number of likely N-dealkylation sites (tertiary alicyclic amines) is 1. The number of carbonyl (C=O) groups excluding carboxylic acids is 1. The molecule has 0 aromatic heterocycles. The molecule has 6 nitrogen and oxygen atoms in total. The van der Waals surface area contributed by atoms with Gasteiger partial charge in [-0.05, 0) is 31.6 Å². The molecule has 0 bridgehead atoms. The summed E-state index contributed by atoms with van der Waals surface area (Å²) in [6.45, 7) is 1.77. The van der Waals surface area contributed by atoms with Crippen molar-refractivity contribution in [1.29, 1.82) is 5.26 Å². The van der Waals surface area contributed by atoms with Crippen molar-refractivity contribution in [3.63, 3.8) is 0 Å². The lowest BCUT2D eigenvalue weighted by atomic mass is 9.94. The van der Waals surface area contributed by atoms with Crippen LogP contribution in [0, 0.1) is 17.2 Å². The van der Waals surface area contributed by atoms with Crippen molar-refractivity contribution >= 4 is 12.0 Å². The van der Waals surface area contributed by atoms with E-state index in [4.69, 9.17) is 10.4 Å². The van der Waals surface area contributed by atoms with Crippen LogP contribution in [0.1, 0.15) is 38.5 Å². The second-order valence-corrected chi connectivity index (χ2v) is 5.64. The van der Waals surface area contributed by atoms with Crippen LogP contribution in [-0.4, -0.2) is 52.6 Å². The van der Waals surface area contributed by atoms with E-state index in [1.54, 1.807) is 0 Å². The van der Waals surface area contributed by atoms with E-state index >= 15 is 0 Å². The number of amides is 2. The molecule has 110 valence electrons. The molecule has 0 unspecified atom stereocenters. The van der Waals surface area contributed by atoms with Crippen LogP contribution in [0.15, 0.2) is 0 Å². The summed E-state index contributed by atoms with van der Waals surface area (Å²) >= 11 is 0. The maximum atomic E-state index is 12.4. The van der Waals surface area contributed by atoms with Gasteiger partial charge in [0.2, 0.25) is 0 Å². The Labute approximate surface area is 119 Å². The summed E-state index contributed by atoms with van der Waals surface area (Å²) in [6, 6.07) is 2.43. The predicted octanol–water partition coefficient (Wildman–Crippen LogP) is 1.67. The number of nitrogens with zero attached hydrogens (tertiary/aromatic N) is 3. The van der Waals surface area contributed by atoms with Gasteiger partial charge in [-0.1, -0.05) is 0 Å². The van der Waals surface area contributed by atoms with Crippen LogP contribution in [0.25, 0.3) is 0 Å². The number of carbonyl (C=O) groups is 2. The average molecular weight is 279 g/mol. The third kappa shape index (κ3) is 3.86. The molecule has 0 aromatic rings. The highest BCUT2D eigenvalue weighted by Crippen LogP contribution is 2.29. The van der Waals surface area contributed by atoms with Gasteiger partial charge in [0.25, 0.3) is 0 Å². The molecule has 1 aliphatic carbocycles. The van der Waals surface area contributed by atoms with Crippen molar-refractivity contribution in [2.45, 2.75) is 44.6 Å². The molecule has 2 aliphatic rings. The van der Waals surface area contributed by atoms with Crippen LogP contribution in [-0.2, 0) is 4.79 Å². The van der Waals surface area contributed by atoms with Gasteiger partial charge in [-0.3, -0.25) is 4.79 Å². The first-order valence-electron chi connectivity index (χ1n) is 7.26. The Bertz CT molecular complexity index is 406. The topological polar surface area (TPSA) is 84.6 Å². The number of urea groups is 1. The molecule has 0 aromatic carbocycles. The Morgan fingerprint density at radius 2 is 1.90 bits per heavy atom. The van der Waals surface area contributed by atoms with Crippen molar-refractivity contribution in [1.82, 2.24) is 9.80 Å². The number of carboxylic acids is 1. The van der Waals surface area contributed by atoms with Crippen molar-refractivity contribution in [2.24, 2.45) is 5.92 Å². The first-order valence-corrected chi connectivity index (χ1v) is 7.26. The number of aliphatic carboxylic acids is 1. The quantitative estimate of drug-likeness (QED) is 0.829. The van der Waals surface area contributed by atoms with E-state index in [0.717, 1.165) is 25.7 Å². The lowest BCUT2D eigenvalue weighted by Crippen LogP contribution is -2.48. The van der Waals surface area contributed by atoms with E-state index in [0.29, 0.717) is 32.1 Å². The summed E-state index contributed by atoms with van der Waals surface area (Å²) in [5, 5.41) is 17.5. The van der Waals surface area contributed by atoms with E-state index in [-0.39, 0.29) is 18.4 Å². The first-order chi connectivity index (χ1) is 9.61. The summed E-state index contributed by atoms with van der Waals surface area (Å²) in [5.41, 5.74) is 0. The summed E-state index contributed by atoms with van der Waals surface area (Å²) in [6.07, 6.45) is 4.16. The largest absolute Gasteiger partial charge is 0.481 e. The van der Waals surface area contributed by atoms with Gasteiger partial charge in [-0.15, -0.1) is 0 Å². The maximum Gasteiger partial charge on any atom is 0.320 e. The van der Waals surface area contributed by atoms with E-state index in [9.17, 15) is 9.59 Å². The Morgan fingerprint density at radius 3 is 2.40 bits per heavy atom. The molecule has 6 heteroatoms. The van der Waals surface area contributed by atoms with Gasteiger partial charge in [-0.25, -0.2) is 4.79 Å². The normalized spacial score (nSPS) is 19.4. The first kappa shape index (κ1) is 14.6. The molecule has 0 radical (unpaired) electrons. The number of hydrogen-bond donors (Lipinski definition) is 1. The molecule has 2 amide bonds. The SMILES string of the molecule is N#CCCN(C(=O)N1CCC(CC(=O)O)CC1)C1CC1. The van der Waals surface area contributed by atoms with Gasteiger partial charge in [-0.2, -0.15) is 5.26 Å². The van der Waals surface area contributed by atoms with Gasteiger partial charge in [0.1, 0.15) is 0 Å². The van der Waals surface area contributed by atoms with Crippen LogP contribution in [0.3, 0.4) is 0 Å². The van der Waals surface area contributed by atoms with Crippen molar-refractivity contribution in [3.05, 3.63) is 0 Å². The average Bonchev–Trinajstić information content (AvgIpc) is 3.24. The molecule has 2 fully saturated rings. The Kier molecular flexibility index (Phi) is 4.83. The molecule has 1 saturated heterocycles. The highest BCUT2D eigenvalue weighted by Gasteiger charge is 2.35. The zero-order chi connectivity index (χ0) is 14.5. The number of piperidine rings is 1. The molecule has 2 rings (SSSR count). The van der Waals surface area contributed by atoms with Crippen molar-refractivity contribution in [3.8, 4) is 6.07 Å². The maximum absolute atomic E-state index is 12.4. The molecular weight excluding hydrogens is 258 g/mol. The number of nitriles is 1. The third-order valence-corrected chi connectivity index (χ3v) is 4.05. The van der Waals surface area contributed by atoms with Crippen LogP contribution in [0.2, 0.25) is 0 Å². The molecule has 1 saturated carbocycles. The summed E-state index contributed by atoms with van der Waals surface area (Å²) in [7, 11) is 0. The van der Waals surface area contributed by atoms with Gasteiger partial charge < -0.3 is 14.9 Å². The van der Waals surface area contributed by atoms with Crippen molar-refractivity contribution in [2.75, 3.05) is 19.6 Å². The molecular formula is C14H21N3O3. The Hall–Kier alpha value is -1.77. The number of rotatable bonds is 5. The minimum atomic E-state index is -0.761.